The lowest BCUT2D eigenvalue weighted by molar-refractivity contribution is -0.116. The van der Waals surface area contributed by atoms with E-state index in [9.17, 15) is 4.79 Å². The molecule has 19 heavy (non-hydrogen) atoms. The predicted molar refractivity (Wildman–Crippen MR) is 79.3 cm³/mol. The Kier molecular flexibility index (Phi) is 4.66. The molecule has 0 spiro atoms. The van der Waals surface area contributed by atoms with Crippen LogP contribution in [0.4, 0.5) is 11.4 Å². The predicted octanol–water partition coefficient (Wildman–Crippen LogP) is 2.59. The average molecular weight is 282 g/mol. The zero-order valence-electron chi connectivity index (χ0n) is 11.2. The van der Waals surface area contributed by atoms with E-state index in [4.69, 9.17) is 17.3 Å². The number of hydrogen-bond acceptors (Lipinski definition) is 3. The first-order chi connectivity index (χ1) is 9.04. The Bertz CT molecular complexity index is 460. The lowest BCUT2D eigenvalue weighted by Gasteiger charge is -2.16. The third-order valence-electron chi connectivity index (χ3n) is 3.28. The monoisotopic (exact) mass is 281 g/mol. The summed E-state index contributed by atoms with van der Waals surface area (Å²) in [5.74, 6) is 0.813. The number of carbonyl (C=O) groups excluding carboxylic acids is 1. The summed E-state index contributed by atoms with van der Waals surface area (Å²) in [6, 6.07) is 5.07. The van der Waals surface area contributed by atoms with Crippen molar-refractivity contribution in [3.05, 3.63) is 23.2 Å². The Morgan fingerprint density at radius 1 is 1.53 bits per heavy atom. The number of rotatable bonds is 6. The Balaban J connectivity index is 1.78. The van der Waals surface area contributed by atoms with Crippen molar-refractivity contribution in [3.8, 4) is 0 Å². The number of amides is 1. The summed E-state index contributed by atoms with van der Waals surface area (Å²) in [4.78, 5) is 14.1. The van der Waals surface area contributed by atoms with Gasteiger partial charge in [-0.05, 0) is 44.0 Å². The number of hydrogen-bond donors (Lipinski definition) is 2. The molecule has 1 aromatic carbocycles. The third-order valence-corrected chi connectivity index (χ3v) is 3.51. The molecule has 0 aromatic heterocycles. The first-order valence-corrected chi connectivity index (χ1v) is 6.96. The van der Waals surface area contributed by atoms with Gasteiger partial charge >= 0.3 is 0 Å². The molecule has 5 heteroatoms. The van der Waals surface area contributed by atoms with Gasteiger partial charge in [0.05, 0.1) is 11.4 Å². The van der Waals surface area contributed by atoms with Crippen molar-refractivity contribution in [2.45, 2.75) is 19.3 Å². The van der Waals surface area contributed by atoms with Gasteiger partial charge in [0.2, 0.25) is 5.91 Å². The van der Waals surface area contributed by atoms with Gasteiger partial charge in [0.15, 0.2) is 0 Å². The van der Waals surface area contributed by atoms with Crippen LogP contribution in [0.2, 0.25) is 5.02 Å². The topological polar surface area (TPSA) is 58.4 Å². The summed E-state index contributed by atoms with van der Waals surface area (Å²) in [5, 5.41) is 3.37. The third kappa shape index (κ3) is 4.73. The summed E-state index contributed by atoms with van der Waals surface area (Å²) in [7, 11) is 2.05. The molecule has 0 atom stereocenters. The molecular formula is C14H20ClN3O. The fourth-order valence-corrected chi connectivity index (χ4v) is 2.15. The van der Waals surface area contributed by atoms with Crippen LogP contribution in [0.3, 0.4) is 0 Å². The molecule has 4 nitrogen and oxygen atoms in total. The van der Waals surface area contributed by atoms with Gasteiger partial charge in [0.25, 0.3) is 0 Å². The summed E-state index contributed by atoms with van der Waals surface area (Å²) >= 11 is 5.88. The summed E-state index contributed by atoms with van der Waals surface area (Å²) in [6.45, 7) is 1.86. The summed E-state index contributed by atoms with van der Waals surface area (Å²) in [6.07, 6.45) is 3.13. The van der Waals surface area contributed by atoms with E-state index in [-0.39, 0.29) is 5.91 Å². The minimum atomic E-state index is -0.0309. The quantitative estimate of drug-likeness (QED) is 0.788. The lowest BCUT2D eigenvalue weighted by Crippen LogP contribution is -2.26. The van der Waals surface area contributed by atoms with Gasteiger partial charge in [-0.3, -0.25) is 4.79 Å². The minimum Gasteiger partial charge on any atom is -0.397 e. The maximum atomic E-state index is 11.8. The summed E-state index contributed by atoms with van der Waals surface area (Å²) in [5.41, 5.74) is 6.90. The Labute approximate surface area is 118 Å². The molecule has 0 bridgehead atoms. The van der Waals surface area contributed by atoms with Gasteiger partial charge < -0.3 is 16.0 Å². The fourth-order valence-electron chi connectivity index (χ4n) is 1.97. The van der Waals surface area contributed by atoms with Crippen molar-refractivity contribution in [1.82, 2.24) is 4.90 Å². The Morgan fingerprint density at radius 3 is 2.95 bits per heavy atom. The van der Waals surface area contributed by atoms with E-state index in [1.807, 2.05) is 0 Å². The number of benzene rings is 1. The molecule has 1 aliphatic rings. The van der Waals surface area contributed by atoms with Crippen molar-refractivity contribution >= 4 is 28.9 Å². The van der Waals surface area contributed by atoms with Crippen LogP contribution in [0.1, 0.15) is 19.3 Å². The van der Waals surface area contributed by atoms with Crippen LogP contribution >= 0.6 is 11.6 Å². The van der Waals surface area contributed by atoms with Crippen LogP contribution in [0, 0.1) is 5.92 Å². The molecule has 1 aliphatic carbocycles. The number of carbonyl (C=O) groups is 1. The first kappa shape index (κ1) is 14.2. The van der Waals surface area contributed by atoms with Crippen LogP contribution < -0.4 is 11.1 Å². The van der Waals surface area contributed by atoms with Crippen molar-refractivity contribution in [2.75, 3.05) is 31.2 Å². The molecule has 2 rings (SSSR count). The standard InChI is InChI=1S/C14H20ClN3O/c1-18(9-10-2-3-10)7-6-14(19)17-13-8-11(15)4-5-12(13)16/h4-5,8,10H,2-3,6-7,9,16H2,1H3,(H,17,19). The number of nitrogens with zero attached hydrogens (tertiary/aromatic N) is 1. The number of nitrogens with two attached hydrogens (primary N) is 1. The minimum absolute atomic E-state index is 0.0309. The highest BCUT2D eigenvalue weighted by Crippen LogP contribution is 2.29. The number of nitrogens with one attached hydrogen (secondary N) is 1. The van der Waals surface area contributed by atoms with E-state index >= 15 is 0 Å². The zero-order chi connectivity index (χ0) is 13.8. The van der Waals surface area contributed by atoms with Gasteiger partial charge in [-0.1, -0.05) is 11.6 Å². The Hall–Kier alpha value is -1.26. The average Bonchev–Trinajstić information content (AvgIpc) is 3.15. The highest BCUT2D eigenvalue weighted by molar-refractivity contribution is 6.31. The van der Waals surface area contributed by atoms with E-state index in [1.165, 1.54) is 12.8 Å². The van der Waals surface area contributed by atoms with Crippen LogP contribution in [-0.4, -0.2) is 30.9 Å². The van der Waals surface area contributed by atoms with Crippen molar-refractivity contribution < 1.29 is 4.79 Å². The molecule has 3 N–H and O–H groups in total. The second-order valence-corrected chi connectivity index (χ2v) is 5.67. The van der Waals surface area contributed by atoms with Gasteiger partial charge in [0.1, 0.15) is 0 Å². The molecule has 0 saturated heterocycles. The molecule has 0 aliphatic heterocycles. The van der Waals surface area contributed by atoms with Crippen molar-refractivity contribution in [3.63, 3.8) is 0 Å². The number of nitrogen functional groups attached to an aromatic ring is 1. The maximum absolute atomic E-state index is 11.8. The smallest absolute Gasteiger partial charge is 0.225 e. The van der Waals surface area contributed by atoms with Crippen LogP contribution in [0.5, 0.6) is 0 Å². The van der Waals surface area contributed by atoms with Gasteiger partial charge in [-0.2, -0.15) is 0 Å². The molecule has 0 heterocycles. The van der Waals surface area contributed by atoms with Gasteiger partial charge in [-0.15, -0.1) is 0 Å². The number of anilines is 2. The normalized spacial score (nSPS) is 14.7. The molecule has 1 fully saturated rings. The van der Waals surface area contributed by atoms with Crippen LogP contribution in [0.25, 0.3) is 0 Å². The highest BCUT2D eigenvalue weighted by atomic mass is 35.5. The highest BCUT2D eigenvalue weighted by Gasteiger charge is 2.22. The first-order valence-electron chi connectivity index (χ1n) is 6.58. The molecule has 0 unspecified atom stereocenters. The van der Waals surface area contributed by atoms with E-state index in [1.54, 1.807) is 18.2 Å². The zero-order valence-corrected chi connectivity index (χ0v) is 11.9. The van der Waals surface area contributed by atoms with E-state index in [2.05, 4.69) is 17.3 Å². The second kappa shape index (κ2) is 6.26. The van der Waals surface area contributed by atoms with Crippen molar-refractivity contribution in [2.24, 2.45) is 5.92 Å². The van der Waals surface area contributed by atoms with E-state index in [0.717, 1.165) is 19.0 Å². The maximum Gasteiger partial charge on any atom is 0.225 e. The second-order valence-electron chi connectivity index (χ2n) is 5.24. The van der Waals surface area contributed by atoms with E-state index in [0.29, 0.717) is 22.8 Å². The molecule has 1 amide bonds. The molecule has 1 aromatic rings. The number of halogens is 1. The largest absolute Gasteiger partial charge is 0.397 e. The fraction of sp³-hybridized carbons (Fsp3) is 0.500. The Morgan fingerprint density at radius 2 is 2.26 bits per heavy atom. The van der Waals surface area contributed by atoms with Crippen LogP contribution in [-0.2, 0) is 4.79 Å². The van der Waals surface area contributed by atoms with Crippen LogP contribution in [0.15, 0.2) is 18.2 Å². The summed E-state index contributed by atoms with van der Waals surface area (Å²) < 4.78 is 0. The van der Waals surface area contributed by atoms with Crippen molar-refractivity contribution in [1.29, 1.82) is 0 Å². The van der Waals surface area contributed by atoms with Gasteiger partial charge in [-0.25, -0.2) is 0 Å². The molecule has 1 saturated carbocycles. The van der Waals surface area contributed by atoms with E-state index < -0.39 is 0 Å². The van der Waals surface area contributed by atoms with Gasteiger partial charge in [0, 0.05) is 24.5 Å². The molecular weight excluding hydrogens is 262 g/mol. The molecule has 0 radical (unpaired) electrons. The molecule has 104 valence electrons. The lowest BCUT2D eigenvalue weighted by atomic mass is 10.2. The SMILES string of the molecule is CN(CCC(=O)Nc1cc(Cl)ccc1N)CC1CC1.